The molecule has 0 N–H and O–H groups in total. The van der Waals surface area contributed by atoms with Gasteiger partial charge in [-0.1, -0.05) is 29.4 Å². The van der Waals surface area contributed by atoms with Gasteiger partial charge < -0.3 is 9.42 Å². The summed E-state index contributed by atoms with van der Waals surface area (Å²) in [5.41, 5.74) is 4.53. The van der Waals surface area contributed by atoms with Gasteiger partial charge in [-0.15, -0.1) is 0 Å². The summed E-state index contributed by atoms with van der Waals surface area (Å²) in [5, 5.41) is 5.05. The second-order valence-corrected chi connectivity index (χ2v) is 7.73. The zero-order valence-corrected chi connectivity index (χ0v) is 16.0. The molecule has 6 heteroatoms. The Bertz CT molecular complexity index is 974. The quantitative estimate of drug-likeness (QED) is 0.698. The van der Waals surface area contributed by atoms with Gasteiger partial charge in [0.05, 0.1) is 5.69 Å². The molecule has 0 amide bonds. The van der Waals surface area contributed by atoms with E-state index in [1.807, 2.05) is 13.8 Å². The fourth-order valence-electron chi connectivity index (χ4n) is 4.59. The zero-order chi connectivity index (χ0) is 18.4. The molecule has 5 rings (SSSR count). The van der Waals surface area contributed by atoms with Crippen molar-refractivity contribution < 1.29 is 4.52 Å². The zero-order valence-electron chi connectivity index (χ0n) is 16.0. The molecule has 0 saturated carbocycles. The summed E-state index contributed by atoms with van der Waals surface area (Å²) in [6.45, 7) is 7.98. The highest BCUT2D eigenvalue weighted by molar-refractivity contribution is 5.88. The lowest BCUT2D eigenvalue weighted by molar-refractivity contribution is 0.170. The van der Waals surface area contributed by atoms with Crippen LogP contribution in [0.15, 0.2) is 28.8 Å². The van der Waals surface area contributed by atoms with Gasteiger partial charge >= 0.3 is 0 Å². The molecule has 1 unspecified atom stereocenters. The first kappa shape index (κ1) is 16.7. The van der Waals surface area contributed by atoms with Crippen molar-refractivity contribution in [2.24, 2.45) is 0 Å². The summed E-state index contributed by atoms with van der Waals surface area (Å²) >= 11 is 0. The fraction of sp³-hybridized carbons (Fsp3) is 0.476. The molecule has 140 valence electrons. The third-order valence-electron chi connectivity index (χ3n) is 6.05. The lowest BCUT2D eigenvalue weighted by Gasteiger charge is -2.41. The van der Waals surface area contributed by atoms with Crippen molar-refractivity contribution >= 4 is 16.9 Å². The van der Waals surface area contributed by atoms with Crippen LogP contribution in [0.4, 0.5) is 5.82 Å². The molecule has 0 radical (unpaired) electrons. The Morgan fingerprint density at radius 1 is 1.00 bits per heavy atom. The van der Waals surface area contributed by atoms with E-state index < -0.39 is 0 Å². The molecule has 0 bridgehead atoms. The molecule has 1 fully saturated rings. The average Bonchev–Trinajstić information content (AvgIpc) is 3.07. The number of nitrogens with zero attached hydrogens (tertiary/aromatic N) is 5. The second-order valence-electron chi connectivity index (χ2n) is 7.73. The van der Waals surface area contributed by atoms with Crippen molar-refractivity contribution in [2.45, 2.75) is 39.2 Å². The van der Waals surface area contributed by atoms with Crippen LogP contribution in [0.2, 0.25) is 0 Å². The molecule has 6 nitrogen and oxygen atoms in total. The van der Waals surface area contributed by atoms with E-state index in [1.54, 1.807) is 0 Å². The summed E-state index contributed by atoms with van der Waals surface area (Å²) in [4.78, 5) is 14.1. The molecular formula is C21H25N5O. The molecule has 2 aliphatic rings. The lowest BCUT2D eigenvalue weighted by Crippen LogP contribution is -2.52. The van der Waals surface area contributed by atoms with Gasteiger partial charge in [0, 0.05) is 32.2 Å². The summed E-state index contributed by atoms with van der Waals surface area (Å²) in [6.07, 6.45) is 3.64. The number of aromatic nitrogens is 3. The van der Waals surface area contributed by atoms with E-state index >= 15 is 0 Å². The van der Waals surface area contributed by atoms with Crippen LogP contribution in [0.1, 0.15) is 29.1 Å². The van der Waals surface area contributed by atoms with E-state index in [2.05, 4.69) is 44.2 Å². The molecule has 1 atom stereocenters. The SMILES string of the molecule is Cc1nc(N2CCN(C3CCc4ccccc4C3)CC2)c2c(C)noc2n1. The van der Waals surface area contributed by atoms with E-state index in [0.29, 0.717) is 11.8 Å². The van der Waals surface area contributed by atoms with Crippen LogP contribution in [-0.2, 0) is 12.8 Å². The van der Waals surface area contributed by atoms with Crippen LogP contribution in [0.5, 0.6) is 0 Å². The minimum Gasteiger partial charge on any atom is -0.353 e. The number of anilines is 1. The van der Waals surface area contributed by atoms with Gasteiger partial charge in [0.25, 0.3) is 5.71 Å². The Morgan fingerprint density at radius 3 is 2.59 bits per heavy atom. The molecule has 0 spiro atoms. The summed E-state index contributed by atoms with van der Waals surface area (Å²) < 4.78 is 5.37. The van der Waals surface area contributed by atoms with Crippen molar-refractivity contribution in [3.63, 3.8) is 0 Å². The predicted molar refractivity (Wildman–Crippen MR) is 105 cm³/mol. The first-order chi connectivity index (χ1) is 13.2. The molecule has 1 saturated heterocycles. The molecule has 27 heavy (non-hydrogen) atoms. The van der Waals surface area contributed by atoms with Crippen molar-refractivity contribution in [2.75, 3.05) is 31.1 Å². The van der Waals surface area contributed by atoms with E-state index in [1.165, 1.54) is 30.4 Å². The van der Waals surface area contributed by atoms with Crippen LogP contribution in [0, 0.1) is 13.8 Å². The van der Waals surface area contributed by atoms with E-state index in [-0.39, 0.29) is 0 Å². The van der Waals surface area contributed by atoms with E-state index in [9.17, 15) is 0 Å². The maximum atomic E-state index is 5.37. The highest BCUT2D eigenvalue weighted by Gasteiger charge is 2.29. The highest BCUT2D eigenvalue weighted by Crippen LogP contribution is 2.29. The van der Waals surface area contributed by atoms with Crippen LogP contribution < -0.4 is 4.90 Å². The first-order valence-corrected chi connectivity index (χ1v) is 9.85. The maximum absolute atomic E-state index is 5.37. The normalized spacial score (nSPS) is 20.8. The third kappa shape index (κ3) is 2.98. The topological polar surface area (TPSA) is 58.3 Å². The smallest absolute Gasteiger partial charge is 0.263 e. The average molecular weight is 363 g/mol. The number of fused-ring (bicyclic) bond motifs is 2. The molecule has 1 aromatic carbocycles. The number of aryl methyl sites for hydroxylation is 3. The summed E-state index contributed by atoms with van der Waals surface area (Å²) in [5.74, 6) is 1.71. The Kier molecular flexibility index (Phi) is 4.08. The number of hydrogen-bond acceptors (Lipinski definition) is 6. The maximum Gasteiger partial charge on any atom is 0.263 e. The van der Waals surface area contributed by atoms with E-state index in [4.69, 9.17) is 9.51 Å². The van der Waals surface area contributed by atoms with Gasteiger partial charge in [-0.2, -0.15) is 4.98 Å². The molecule has 1 aliphatic heterocycles. The summed E-state index contributed by atoms with van der Waals surface area (Å²) in [6, 6.07) is 9.57. The fourth-order valence-corrected chi connectivity index (χ4v) is 4.59. The van der Waals surface area contributed by atoms with Gasteiger partial charge in [-0.05, 0) is 44.2 Å². The Balaban J connectivity index is 1.32. The minimum atomic E-state index is 0.598. The Hall–Kier alpha value is -2.47. The number of rotatable bonds is 2. The molecule has 3 aromatic rings. The lowest BCUT2D eigenvalue weighted by atomic mass is 9.87. The van der Waals surface area contributed by atoms with Crippen LogP contribution >= 0.6 is 0 Å². The second kappa shape index (κ2) is 6.60. The third-order valence-corrected chi connectivity index (χ3v) is 6.05. The largest absolute Gasteiger partial charge is 0.353 e. The van der Waals surface area contributed by atoms with Gasteiger partial charge in [0.15, 0.2) is 0 Å². The molecule has 1 aliphatic carbocycles. The van der Waals surface area contributed by atoms with Crippen molar-refractivity contribution in [1.82, 2.24) is 20.0 Å². The van der Waals surface area contributed by atoms with Gasteiger partial charge in [-0.25, -0.2) is 4.98 Å². The first-order valence-electron chi connectivity index (χ1n) is 9.85. The van der Waals surface area contributed by atoms with Crippen molar-refractivity contribution in [3.05, 3.63) is 46.9 Å². The van der Waals surface area contributed by atoms with Crippen LogP contribution in [-0.4, -0.2) is 52.2 Å². The van der Waals surface area contributed by atoms with Gasteiger partial charge in [0.2, 0.25) is 0 Å². The Morgan fingerprint density at radius 2 is 1.78 bits per heavy atom. The number of benzene rings is 1. The Labute approximate surface area is 159 Å². The minimum absolute atomic E-state index is 0.598. The van der Waals surface area contributed by atoms with Crippen LogP contribution in [0.25, 0.3) is 11.1 Å². The number of hydrogen-bond donors (Lipinski definition) is 0. The molecule has 2 aromatic heterocycles. The van der Waals surface area contributed by atoms with Crippen molar-refractivity contribution in [3.8, 4) is 0 Å². The highest BCUT2D eigenvalue weighted by atomic mass is 16.5. The van der Waals surface area contributed by atoms with Crippen LogP contribution in [0.3, 0.4) is 0 Å². The predicted octanol–water partition coefficient (Wildman–Crippen LogP) is 2.91. The van der Waals surface area contributed by atoms with Crippen molar-refractivity contribution in [1.29, 1.82) is 0 Å². The molecular weight excluding hydrogens is 338 g/mol. The molecule has 3 heterocycles. The van der Waals surface area contributed by atoms with Gasteiger partial charge in [-0.3, -0.25) is 4.90 Å². The monoisotopic (exact) mass is 363 g/mol. The number of piperazine rings is 1. The standard InChI is InChI=1S/C21H25N5O/c1-14-19-20(22-15(2)23-21(19)27-24-14)26-11-9-25(10-12-26)18-8-7-16-5-3-4-6-17(16)13-18/h3-6,18H,7-13H2,1-2H3. The summed E-state index contributed by atoms with van der Waals surface area (Å²) in [7, 11) is 0. The van der Waals surface area contributed by atoms with Gasteiger partial charge in [0.1, 0.15) is 17.0 Å². The van der Waals surface area contributed by atoms with E-state index in [0.717, 1.165) is 48.9 Å².